The van der Waals surface area contributed by atoms with Gasteiger partial charge in [0.15, 0.2) is 10.9 Å². The van der Waals surface area contributed by atoms with E-state index in [1.807, 2.05) is 0 Å². The second-order valence-corrected chi connectivity index (χ2v) is 7.49. The molecule has 1 unspecified atom stereocenters. The third-order valence-corrected chi connectivity index (χ3v) is 4.86. The third-order valence-electron chi connectivity index (χ3n) is 4.86. The molecule has 0 saturated heterocycles. The summed E-state index contributed by atoms with van der Waals surface area (Å²) >= 11 is 0. The molecule has 2 aromatic carbocycles. The van der Waals surface area contributed by atoms with Crippen LogP contribution in [0.15, 0.2) is 60.9 Å². The van der Waals surface area contributed by atoms with Crippen molar-refractivity contribution in [1.82, 2.24) is 0 Å². The number of hydrogen-bond acceptors (Lipinski definition) is 10. The van der Waals surface area contributed by atoms with Crippen molar-refractivity contribution in [2.75, 3.05) is 13.2 Å². The Morgan fingerprint density at radius 1 is 1.00 bits per heavy atom. The molecule has 11 nitrogen and oxygen atoms in total. The molecule has 2 N–H and O–H groups in total. The lowest BCUT2D eigenvalue weighted by molar-refractivity contribution is -0.121. The van der Waals surface area contributed by atoms with Crippen LogP contribution in [0.3, 0.4) is 0 Å². The zero-order valence-corrected chi connectivity index (χ0v) is 18.2. The summed E-state index contributed by atoms with van der Waals surface area (Å²) in [5.74, 6) is -1.68. The number of hydrogen-bond donors (Lipinski definition) is 2. The summed E-state index contributed by atoms with van der Waals surface area (Å²) < 4.78 is 26.3. The molecule has 0 amide bonds. The van der Waals surface area contributed by atoms with Gasteiger partial charge < -0.3 is 33.3 Å². The zero-order chi connectivity index (χ0) is 25.1. The summed E-state index contributed by atoms with van der Waals surface area (Å²) in [4.78, 5) is 46.2. The fraction of sp³-hybridized carbons (Fsp3) is 0.167. The van der Waals surface area contributed by atoms with E-state index < -0.39 is 28.7 Å². The van der Waals surface area contributed by atoms with Crippen LogP contribution in [0, 0.1) is 6.92 Å². The SMILES string of the molecule is Cc1cc(OCC(O)COc2ccc3oc(C(=O)O)cc(=O)c3c2)c2c(=O)cc(OC=O)oc2c1. The van der Waals surface area contributed by atoms with Crippen LogP contribution in [-0.4, -0.2) is 42.0 Å². The maximum absolute atomic E-state index is 12.5. The van der Waals surface area contributed by atoms with E-state index in [4.69, 9.17) is 23.4 Å². The van der Waals surface area contributed by atoms with Gasteiger partial charge in [-0.25, -0.2) is 4.79 Å². The molecule has 180 valence electrons. The van der Waals surface area contributed by atoms with Gasteiger partial charge in [0.2, 0.25) is 5.76 Å². The fourth-order valence-corrected chi connectivity index (χ4v) is 3.34. The number of aryl methyl sites for hydroxylation is 1. The van der Waals surface area contributed by atoms with Crippen molar-refractivity contribution < 1.29 is 42.8 Å². The third kappa shape index (κ3) is 5.14. The molecule has 0 aliphatic rings. The number of aromatic carboxylic acids is 1. The molecule has 0 aliphatic carbocycles. The van der Waals surface area contributed by atoms with Gasteiger partial charge in [0.05, 0.1) is 11.5 Å². The number of carbonyl (C=O) groups excluding carboxylic acids is 1. The molecule has 11 heteroatoms. The largest absolute Gasteiger partial charge is 0.491 e. The van der Waals surface area contributed by atoms with E-state index in [-0.39, 0.29) is 59.1 Å². The monoisotopic (exact) mass is 482 g/mol. The highest BCUT2D eigenvalue weighted by atomic mass is 16.6. The molecule has 0 spiro atoms. The van der Waals surface area contributed by atoms with Crippen molar-refractivity contribution in [3.8, 4) is 17.4 Å². The Balaban J connectivity index is 1.46. The summed E-state index contributed by atoms with van der Waals surface area (Å²) in [5, 5.41) is 19.5. The molecule has 0 saturated carbocycles. The summed E-state index contributed by atoms with van der Waals surface area (Å²) in [5.41, 5.74) is -0.116. The first-order valence-corrected chi connectivity index (χ1v) is 10.2. The van der Waals surface area contributed by atoms with E-state index >= 15 is 0 Å². The Hall–Kier alpha value is -4.64. The van der Waals surface area contributed by atoms with Crippen molar-refractivity contribution in [2.45, 2.75) is 13.0 Å². The van der Waals surface area contributed by atoms with Crippen LogP contribution in [-0.2, 0) is 4.79 Å². The average molecular weight is 482 g/mol. The molecule has 0 radical (unpaired) electrons. The molecule has 4 rings (SSSR count). The van der Waals surface area contributed by atoms with Crippen LogP contribution >= 0.6 is 0 Å². The smallest absolute Gasteiger partial charge is 0.371 e. The lowest BCUT2D eigenvalue weighted by Gasteiger charge is -2.15. The van der Waals surface area contributed by atoms with Gasteiger partial charge in [0.25, 0.3) is 5.95 Å². The highest BCUT2D eigenvalue weighted by Crippen LogP contribution is 2.28. The van der Waals surface area contributed by atoms with Crippen molar-refractivity contribution >= 4 is 34.4 Å². The number of fused-ring (bicyclic) bond motifs is 2. The highest BCUT2D eigenvalue weighted by molar-refractivity contribution is 5.88. The van der Waals surface area contributed by atoms with Gasteiger partial charge in [0.1, 0.15) is 47.4 Å². The van der Waals surface area contributed by atoms with Gasteiger partial charge in [-0.05, 0) is 42.8 Å². The molecular weight excluding hydrogens is 464 g/mol. The number of rotatable bonds is 9. The lowest BCUT2D eigenvalue weighted by atomic mass is 10.1. The van der Waals surface area contributed by atoms with E-state index in [1.54, 1.807) is 19.1 Å². The number of aliphatic hydroxyl groups excluding tert-OH is 1. The van der Waals surface area contributed by atoms with E-state index in [1.165, 1.54) is 18.2 Å². The molecule has 35 heavy (non-hydrogen) atoms. The first-order chi connectivity index (χ1) is 16.7. The number of carboxylic acids is 1. The van der Waals surface area contributed by atoms with Crippen LogP contribution in [0.2, 0.25) is 0 Å². The Kier molecular flexibility index (Phi) is 6.51. The molecule has 0 fully saturated rings. The maximum Gasteiger partial charge on any atom is 0.371 e. The van der Waals surface area contributed by atoms with Gasteiger partial charge in [-0.1, -0.05) is 0 Å². The minimum Gasteiger partial charge on any atom is -0.491 e. The van der Waals surface area contributed by atoms with Gasteiger partial charge in [0, 0.05) is 6.07 Å². The first kappa shape index (κ1) is 23.5. The Bertz CT molecular complexity index is 1550. The number of aliphatic hydroxyl groups is 1. The quantitative estimate of drug-likeness (QED) is 0.336. The van der Waals surface area contributed by atoms with E-state index in [2.05, 4.69) is 4.74 Å². The normalized spacial score (nSPS) is 11.8. The summed E-state index contributed by atoms with van der Waals surface area (Å²) in [6.07, 6.45) is -1.11. The predicted molar refractivity (Wildman–Crippen MR) is 120 cm³/mol. The van der Waals surface area contributed by atoms with Crippen molar-refractivity contribution in [2.24, 2.45) is 0 Å². The van der Waals surface area contributed by atoms with Crippen LogP contribution in [0.25, 0.3) is 21.9 Å². The lowest BCUT2D eigenvalue weighted by Crippen LogP contribution is -2.25. The van der Waals surface area contributed by atoms with Crippen molar-refractivity contribution in [1.29, 1.82) is 0 Å². The standard InChI is InChI=1S/C24H18O11/c1-12-4-19(23-17(28)8-22(33-11-25)35-20(23)5-12)32-10-13(26)9-31-14-2-3-18-15(6-14)16(27)7-21(34-18)24(29)30/h2-8,11,13,26H,9-10H2,1H3,(H,29,30). The van der Waals surface area contributed by atoms with E-state index in [9.17, 15) is 24.3 Å². The molecule has 4 aromatic rings. The van der Waals surface area contributed by atoms with E-state index in [0.29, 0.717) is 5.56 Å². The van der Waals surface area contributed by atoms with Crippen molar-refractivity contribution in [3.05, 3.63) is 74.2 Å². The van der Waals surface area contributed by atoms with Crippen LogP contribution in [0.5, 0.6) is 17.4 Å². The topological polar surface area (TPSA) is 163 Å². The number of carbonyl (C=O) groups is 2. The molecule has 0 bridgehead atoms. The minimum atomic E-state index is -1.36. The Labute approximate surface area is 195 Å². The summed E-state index contributed by atoms with van der Waals surface area (Å²) in [7, 11) is 0. The predicted octanol–water partition coefficient (Wildman–Crippen LogP) is 2.26. The van der Waals surface area contributed by atoms with Gasteiger partial charge in [-0.2, -0.15) is 0 Å². The first-order valence-electron chi connectivity index (χ1n) is 10.2. The van der Waals surface area contributed by atoms with Crippen LogP contribution < -0.4 is 25.1 Å². The second kappa shape index (κ2) is 9.69. The Morgan fingerprint density at radius 2 is 1.77 bits per heavy atom. The number of ether oxygens (including phenoxy) is 3. The van der Waals surface area contributed by atoms with Gasteiger partial charge >= 0.3 is 12.4 Å². The zero-order valence-electron chi connectivity index (χ0n) is 18.2. The van der Waals surface area contributed by atoms with Crippen LogP contribution in [0.1, 0.15) is 16.1 Å². The molecule has 2 aromatic heterocycles. The second-order valence-electron chi connectivity index (χ2n) is 7.49. The van der Waals surface area contributed by atoms with Gasteiger partial charge in [-0.15, -0.1) is 0 Å². The molecule has 1 atom stereocenters. The Morgan fingerprint density at radius 3 is 2.51 bits per heavy atom. The average Bonchev–Trinajstić information content (AvgIpc) is 2.81. The number of carboxylic acid groups (broad SMARTS) is 1. The highest BCUT2D eigenvalue weighted by Gasteiger charge is 2.16. The van der Waals surface area contributed by atoms with E-state index in [0.717, 1.165) is 12.1 Å². The summed E-state index contributed by atoms with van der Waals surface area (Å²) in [6, 6.07) is 9.28. The van der Waals surface area contributed by atoms with Crippen molar-refractivity contribution in [3.63, 3.8) is 0 Å². The molecule has 0 aliphatic heterocycles. The number of benzene rings is 2. The minimum absolute atomic E-state index is 0.0815. The molecular formula is C24H18O11. The molecule has 2 heterocycles. The maximum atomic E-state index is 12.5. The summed E-state index contributed by atoms with van der Waals surface area (Å²) in [6.45, 7) is 1.44. The van der Waals surface area contributed by atoms with Crippen LogP contribution in [0.4, 0.5) is 0 Å². The fourth-order valence-electron chi connectivity index (χ4n) is 3.34. The van der Waals surface area contributed by atoms with Gasteiger partial charge in [-0.3, -0.25) is 14.4 Å².